The number of hydrogen-bond acceptors (Lipinski definition) is 6. The lowest BCUT2D eigenvalue weighted by molar-refractivity contribution is -0.142. The number of ether oxygens (including phenoxy) is 2. The minimum atomic E-state index is -0.138. The number of carbonyl (C=O) groups excluding carboxylic acids is 2. The molecule has 0 radical (unpaired) electrons. The normalized spacial score (nSPS) is 24.8. The molecule has 0 spiro atoms. The van der Waals surface area contributed by atoms with Crippen LogP contribution < -0.4 is 4.74 Å². The molecule has 3 fully saturated rings. The maximum atomic E-state index is 13.2. The van der Waals surface area contributed by atoms with Crippen molar-refractivity contribution in [2.45, 2.75) is 25.9 Å². The first-order valence-electron chi connectivity index (χ1n) is 12.5. The SMILES string of the molecule is CCN1CCN(CC(=O)N2CC[C@H](Oc3cccc(Cl)c3)[C@@H](CC(=O)N3CCOCC3)C2)CC1. The molecule has 0 aromatic heterocycles. The fourth-order valence-electron chi connectivity index (χ4n) is 5.02. The van der Waals surface area contributed by atoms with Crippen molar-refractivity contribution in [3.63, 3.8) is 0 Å². The Morgan fingerprint density at radius 1 is 1.00 bits per heavy atom. The zero-order valence-corrected chi connectivity index (χ0v) is 20.9. The topological polar surface area (TPSA) is 65.6 Å². The number of carbonyl (C=O) groups is 2. The van der Waals surface area contributed by atoms with Crippen LogP contribution in [0.4, 0.5) is 0 Å². The first-order valence-corrected chi connectivity index (χ1v) is 12.9. The molecule has 3 aliphatic heterocycles. The van der Waals surface area contributed by atoms with Gasteiger partial charge >= 0.3 is 0 Å². The summed E-state index contributed by atoms with van der Waals surface area (Å²) in [6, 6.07) is 7.37. The molecule has 2 amide bonds. The highest BCUT2D eigenvalue weighted by atomic mass is 35.5. The Morgan fingerprint density at radius 2 is 1.74 bits per heavy atom. The predicted molar refractivity (Wildman–Crippen MR) is 131 cm³/mol. The molecule has 188 valence electrons. The molecule has 0 N–H and O–H groups in total. The van der Waals surface area contributed by atoms with Crippen LogP contribution >= 0.6 is 11.6 Å². The van der Waals surface area contributed by atoms with Crippen molar-refractivity contribution in [3.8, 4) is 5.75 Å². The van der Waals surface area contributed by atoms with E-state index < -0.39 is 0 Å². The van der Waals surface area contributed by atoms with Crippen molar-refractivity contribution < 1.29 is 19.1 Å². The zero-order chi connectivity index (χ0) is 23.9. The quantitative estimate of drug-likeness (QED) is 0.578. The van der Waals surface area contributed by atoms with Crippen LogP contribution in [-0.2, 0) is 14.3 Å². The highest BCUT2D eigenvalue weighted by Crippen LogP contribution is 2.28. The number of rotatable bonds is 7. The van der Waals surface area contributed by atoms with Gasteiger partial charge in [0.1, 0.15) is 11.9 Å². The molecule has 3 saturated heterocycles. The van der Waals surface area contributed by atoms with E-state index >= 15 is 0 Å². The number of piperazine rings is 1. The maximum absolute atomic E-state index is 13.2. The van der Waals surface area contributed by atoms with Crippen LogP contribution in [0.1, 0.15) is 19.8 Å². The van der Waals surface area contributed by atoms with Crippen molar-refractivity contribution in [2.75, 3.05) is 78.7 Å². The Balaban J connectivity index is 1.38. The molecule has 0 bridgehead atoms. The van der Waals surface area contributed by atoms with Crippen molar-refractivity contribution >= 4 is 23.4 Å². The van der Waals surface area contributed by atoms with E-state index in [4.69, 9.17) is 21.1 Å². The fourth-order valence-corrected chi connectivity index (χ4v) is 5.20. The number of morpholine rings is 1. The van der Waals surface area contributed by atoms with Crippen molar-refractivity contribution in [2.24, 2.45) is 5.92 Å². The van der Waals surface area contributed by atoms with Crippen LogP contribution in [0.25, 0.3) is 0 Å². The Labute approximate surface area is 207 Å². The monoisotopic (exact) mass is 492 g/mol. The van der Waals surface area contributed by atoms with Crippen molar-refractivity contribution in [3.05, 3.63) is 29.3 Å². The molecule has 3 aliphatic rings. The lowest BCUT2D eigenvalue weighted by atomic mass is 9.90. The Hall–Kier alpha value is -1.87. The van der Waals surface area contributed by atoms with Gasteiger partial charge in [-0.3, -0.25) is 14.5 Å². The third kappa shape index (κ3) is 6.84. The molecule has 0 saturated carbocycles. The molecule has 0 aliphatic carbocycles. The summed E-state index contributed by atoms with van der Waals surface area (Å²) < 4.78 is 11.7. The second-order valence-corrected chi connectivity index (χ2v) is 9.85. The Morgan fingerprint density at radius 3 is 2.44 bits per heavy atom. The number of likely N-dealkylation sites (N-methyl/N-ethyl adjacent to an activating group) is 1. The predicted octanol–water partition coefficient (Wildman–Crippen LogP) is 1.82. The summed E-state index contributed by atoms with van der Waals surface area (Å²) in [6.45, 7) is 11.1. The second kappa shape index (κ2) is 12.2. The van der Waals surface area contributed by atoms with E-state index in [9.17, 15) is 9.59 Å². The van der Waals surface area contributed by atoms with E-state index in [2.05, 4.69) is 16.7 Å². The van der Waals surface area contributed by atoms with Gasteiger partial charge in [-0.05, 0) is 24.7 Å². The van der Waals surface area contributed by atoms with Gasteiger partial charge in [0.25, 0.3) is 0 Å². The van der Waals surface area contributed by atoms with Crippen LogP contribution in [0.15, 0.2) is 24.3 Å². The molecule has 1 aromatic carbocycles. The summed E-state index contributed by atoms with van der Waals surface area (Å²) in [7, 11) is 0. The van der Waals surface area contributed by atoms with Gasteiger partial charge in [-0.15, -0.1) is 0 Å². The van der Waals surface area contributed by atoms with Gasteiger partial charge in [-0.25, -0.2) is 0 Å². The number of benzene rings is 1. The van der Waals surface area contributed by atoms with E-state index in [-0.39, 0.29) is 23.8 Å². The Kier molecular flexibility index (Phi) is 9.05. The maximum Gasteiger partial charge on any atom is 0.236 e. The van der Waals surface area contributed by atoms with Gasteiger partial charge in [-0.1, -0.05) is 24.6 Å². The highest BCUT2D eigenvalue weighted by molar-refractivity contribution is 6.30. The van der Waals surface area contributed by atoms with Crippen LogP contribution in [0, 0.1) is 5.92 Å². The zero-order valence-electron chi connectivity index (χ0n) is 20.2. The number of piperidine rings is 1. The van der Waals surface area contributed by atoms with Gasteiger partial charge in [0, 0.05) is 76.1 Å². The largest absolute Gasteiger partial charge is 0.490 e. The minimum Gasteiger partial charge on any atom is -0.490 e. The van der Waals surface area contributed by atoms with E-state index in [1.807, 2.05) is 28.0 Å². The lowest BCUT2D eigenvalue weighted by Crippen LogP contribution is -2.54. The molecule has 34 heavy (non-hydrogen) atoms. The fraction of sp³-hybridized carbons (Fsp3) is 0.680. The van der Waals surface area contributed by atoms with E-state index in [1.165, 1.54) is 0 Å². The Bertz CT molecular complexity index is 827. The number of amides is 2. The third-order valence-electron chi connectivity index (χ3n) is 7.17. The lowest BCUT2D eigenvalue weighted by Gasteiger charge is -2.40. The number of hydrogen-bond donors (Lipinski definition) is 0. The highest BCUT2D eigenvalue weighted by Gasteiger charge is 2.36. The summed E-state index contributed by atoms with van der Waals surface area (Å²) >= 11 is 6.15. The molecule has 4 rings (SSSR count). The number of nitrogens with zero attached hydrogens (tertiary/aromatic N) is 4. The molecule has 2 atom stereocenters. The third-order valence-corrected chi connectivity index (χ3v) is 7.41. The summed E-state index contributed by atoms with van der Waals surface area (Å²) in [5.74, 6) is 0.895. The molecule has 1 aromatic rings. The average Bonchev–Trinajstić information content (AvgIpc) is 2.86. The van der Waals surface area contributed by atoms with Crippen LogP contribution in [0.5, 0.6) is 5.75 Å². The van der Waals surface area contributed by atoms with E-state index in [0.717, 1.165) is 32.7 Å². The van der Waals surface area contributed by atoms with Crippen LogP contribution in [0.2, 0.25) is 5.02 Å². The number of halogens is 1. The molecular formula is C25H37ClN4O4. The van der Waals surface area contributed by atoms with Crippen LogP contribution in [-0.4, -0.2) is 116 Å². The van der Waals surface area contributed by atoms with Crippen LogP contribution in [0.3, 0.4) is 0 Å². The summed E-state index contributed by atoms with van der Waals surface area (Å²) in [5, 5.41) is 0.620. The average molecular weight is 493 g/mol. The molecule has 8 nitrogen and oxygen atoms in total. The summed E-state index contributed by atoms with van der Waals surface area (Å²) in [5.41, 5.74) is 0. The summed E-state index contributed by atoms with van der Waals surface area (Å²) in [4.78, 5) is 34.7. The van der Waals surface area contributed by atoms with Gasteiger partial charge < -0.3 is 24.2 Å². The van der Waals surface area contributed by atoms with Gasteiger partial charge in [0.2, 0.25) is 11.8 Å². The number of likely N-dealkylation sites (tertiary alicyclic amines) is 1. The van der Waals surface area contributed by atoms with Gasteiger partial charge in [-0.2, -0.15) is 0 Å². The molecule has 0 unspecified atom stereocenters. The molecule has 3 heterocycles. The molecule has 9 heteroatoms. The van der Waals surface area contributed by atoms with Gasteiger partial charge in [0.05, 0.1) is 19.8 Å². The van der Waals surface area contributed by atoms with E-state index in [1.54, 1.807) is 6.07 Å². The molecular weight excluding hydrogens is 456 g/mol. The first kappa shape index (κ1) is 25.2. The van der Waals surface area contributed by atoms with Crippen molar-refractivity contribution in [1.82, 2.24) is 19.6 Å². The first-order chi connectivity index (χ1) is 16.5. The summed E-state index contributed by atoms with van der Waals surface area (Å²) in [6.07, 6.45) is 0.924. The standard InChI is InChI=1S/C25H37ClN4O4/c1-2-27-8-10-28(11-9-27)19-25(32)30-7-6-23(34-22-5-3-4-21(26)17-22)20(18-30)16-24(31)29-12-14-33-15-13-29/h3-5,17,20,23H,2,6-16,18-19H2,1H3/t20-,23-/m0/s1. The minimum absolute atomic E-state index is 0.0658. The van der Waals surface area contributed by atoms with Gasteiger partial charge in [0.15, 0.2) is 0 Å². The smallest absolute Gasteiger partial charge is 0.236 e. The van der Waals surface area contributed by atoms with Crippen molar-refractivity contribution in [1.29, 1.82) is 0 Å². The second-order valence-electron chi connectivity index (χ2n) is 9.41. The van der Waals surface area contributed by atoms with E-state index in [0.29, 0.717) is 69.6 Å².